The van der Waals surface area contributed by atoms with E-state index >= 15 is 0 Å². The van der Waals surface area contributed by atoms with Crippen molar-refractivity contribution >= 4 is 11.8 Å². The molecule has 0 N–H and O–H groups in total. The first kappa shape index (κ1) is 27.6. The highest BCUT2D eigenvalue weighted by molar-refractivity contribution is 5.96. The first-order valence-electron chi connectivity index (χ1n) is 13.1. The molecule has 0 radical (unpaired) electrons. The molecule has 0 atom stereocenters. The van der Waals surface area contributed by atoms with Crippen molar-refractivity contribution in [3.05, 3.63) is 125 Å². The molecule has 39 heavy (non-hydrogen) atoms. The van der Waals surface area contributed by atoms with Gasteiger partial charge >= 0.3 is 0 Å². The maximum atomic E-state index is 13.8. The Balaban J connectivity index is 1.54. The molecule has 0 spiro atoms. The molecule has 0 saturated carbocycles. The summed E-state index contributed by atoms with van der Waals surface area (Å²) in [4.78, 5) is 30.5. The molecule has 4 rings (SSSR count). The number of halogens is 1. The molecule has 0 bridgehead atoms. The number of amides is 2. The average molecular weight is 528 g/mol. The van der Waals surface area contributed by atoms with Crippen LogP contribution in [0.3, 0.4) is 0 Å². The topological polar surface area (TPSA) is 54.8 Å². The summed E-state index contributed by atoms with van der Waals surface area (Å²) in [7, 11) is 1.58. The van der Waals surface area contributed by atoms with E-state index < -0.39 is 0 Å². The zero-order chi connectivity index (χ0) is 27.6. The summed E-state index contributed by atoms with van der Waals surface area (Å²) in [6, 6.07) is 27.1. The number of benzene rings is 3. The highest BCUT2D eigenvalue weighted by atomic mass is 19.1. The Morgan fingerprint density at radius 1 is 0.821 bits per heavy atom. The summed E-state index contributed by atoms with van der Waals surface area (Å²) in [5.41, 5.74) is 3.44. The van der Waals surface area contributed by atoms with E-state index in [0.717, 1.165) is 23.2 Å². The Hall–Kier alpha value is -4.39. The largest absolute Gasteiger partial charge is 0.497 e. The Bertz CT molecular complexity index is 1350. The van der Waals surface area contributed by atoms with Crippen LogP contribution in [0, 0.1) is 5.82 Å². The number of rotatable bonds is 12. The normalized spacial score (nSPS) is 10.7. The molecular formula is C32H34FN3O3. The van der Waals surface area contributed by atoms with E-state index in [0.29, 0.717) is 37.5 Å². The Kier molecular flexibility index (Phi) is 9.51. The summed E-state index contributed by atoms with van der Waals surface area (Å²) >= 11 is 0. The summed E-state index contributed by atoms with van der Waals surface area (Å²) < 4.78 is 20.7. The Labute approximate surface area is 229 Å². The number of hydrogen-bond donors (Lipinski definition) is 0. The van der Waals surface area contributed by atoms with Gasteiger partial charge in [0.25, 0.3) is 5.91 Å². The molecule has 4 aromatic rings. The van der Waals surface area contributed by atoms with Gasteiger partial charge in [0.1, 0.15) is 18.1 Å². The minimum Gasteiger partial charge on any atom is -0.497 e. The van der Waals surface area contributed by atoms with Gasteiger partial charge in [0.05, 0.1) is 13.7 Å². The van der Waals surface area contributed by atoms with E-state index in [1.54, 1.807) is 53.3 Å². The van der Waals surface area contributed by atoms with Gasteiger partial charge < -0.3 is 19.1 Å². The van der Waals surface area contributed by atoms with Crippen molar-refractivity contribution in [2.45, 2.75) is 33.0 Å². The molecule has 3 aromatic carbocycles. The minimum absolute atomic E-state index is 0.0236. The minimum atomic E-state index is -0.271. The van der Waals surface area contributed by atoms with Crippen LogP contribution in [0.4, 0.5) is 4.39 Å². The summed E-state index contributed by atoms with van der Waals surface area (Å²) in [5, 5.41) is 0. The first-order valence-corrected chi connectivity index (χ1v) is 13.1. The van der Waals surface area contributed by atoms with E-state index in [9.17, 15) is 14.0 Å². The van der Waals surface area contributed by atoms with Crippen molar-refractivity contribution in [3.8, 4) is 5.75 Å². The molecule has 0 saturated heterocycles. The number of nitrogens with zero attached hydrogens (tertiary/aromatic N) is 3. The molecule has 6 nitrogen and oxygen atoms in total. The first-order chi connectivity index (χ1) is 19.0. The maximum Gasteiger partial charge on any atom is 0.254 e. The zero-order valence-corrected chi connectivity index (χ0v) is 22.4. The fraction of sp³-hybridized carbons (Fsp3) is 0.250. The van der Waals surface area contributed by atoms with E-state index in [1.807, 2.05) is 55.6 Å². The molecule has 0 aliphatic carbocycles. The third-order valence-corrected chi connectivity index (χ3v) is 6.56. The smallest absolute Gasteiger partial charge is 0.254 e. The molecule has 202 valence electrons. The molecule has 7 heteroatoms. The highest BCUT2D eigenvalue weighted by Crippen LogP contribution is 2.17. The van der Waals surface area contributed by atoms with E-state index in [4.69, 9.17) is 4.74 Å². The van der Waals surface area contributed by atoms with E-state index in [2.05, 4.69) is 4.57 Å². The van der Waals surface area contributed by atoms with Gasteiger partial charge in [0.2, 0.25) is 5.91 Å². The number of ether oxygens (including phenoxy) is 1. The van der Waals surface area contributed by atoms with Crippen molar-refractivity contribution in [2.75, 3.05) is 20.2 Å². The highest BCUT2D eigenvalue weighted by Gasteiger charge is 2.23. The summed E-state index contributed by atoms with van der Waals surface area (Å²) in [6.45, 7) is 3.79. The van der Waals surface area contributed by atoms with Crippen molar-refractivity contribution in [1.29, 1.82) is 0 Å². The number of carbonyl (C=O) groups excluding carboxylic acids is 2. The molecule has 1 aromatic heterocycles. The predicted molar refractivity (Wildman–Crippen MR) is 150 cm³/mol. The lowest BCUT2D eigenvalue weighted by Crippen LogP contribution is -2.43. The molecule has 0 aliphatic rings. The van der Waals surface area contributed by atoms with Crippen molar-refractivity contribution < 1.29 is 18.7 Å². The van der Waals surface area contributed by atoms with E-state index in [-0.39, 0.29) is 24.2 Å². The Morgan fingerprint density at radius 2 is 1.54 bits per heavy atom. The number of aromatic nitrogens is 1. The van der Waals surface area contributed by atoms with Crippen molar-refractivity contribution in [2.24, 2.45) is 0 Å². The average Bonchev–Trinajstić information content (AvgIpc) is 3.40. The van der Waals surface area contributed by atoms with Crippen LogP contribution in [0.15, 0.2) is 97.2 Å². The molecule has 0 aliphatic heterocycles. The summed E-state index contributed by atoms with van der Waals surface area (Å²) in [6.07, 6.45) is 2.69. The quantitative estimate of drug-likeness (QED) is 0.235. The monoisotopic (exact) mass is 527 g/mol. The van der Waals surface area contributed by atoms with Gasteiger partial charge in [-0.1, -0.05) is 49.4 Å². The SMILES string of the molecule is CCCN(CC(=O)N(Cc1ccccc1)Cc1cccn1Cc1ccc(F)cc1)C(=O)c1ccc(OC)cc1. The van der Waals surface area contributed by atoms with Crippen LogP contribution in [0.25, 0.3) is 0 Å². The van der Waals surface area contributed by atoms with Crippen LogP contribution in [0.5, 0.6) is 5.75 Å². The van der Waals surface area contributed by atoms with Crippen LogP contribution < -0.4 is 4.74 Å². The second kappa shape index (κ2) is 13.4. The van der Waals surface area contributed by atoms with E-state index in [1.165, 1.54) is 12.1 Å². The lowest BCUT2D eigenvalue weighted by molar-refractivity contribution is -0.133. The van der Waals surface area contributed by atoms with Gasteiger partial charge in [0, 0.05) is 37.1 Å². The van der Waals surface area contributed by atoms with Gasteiger partial charge in [-0.2, -0.15) is 0 Å². The van der Waals surface area contributed by atoms with Gasteiger partial charge in [-0.25, -0.2) is 4.39 Å². The predicted octanol–water partition coefficient (Wildman–Crippen LogP) is 5.77. The van der Waals surface area contributed by atoms with Crippen LogP contribution in [0.1, 0.15) is 40.5 Å². The molecular weight excluding hydrogens is 493 g/mol. The molecule has 0 unspecified atom stereocenters. The molecule has 0 fully saturated rings. The number of hydrogen-bond acceptors (Lipinski definition) is 3. The lowest BCUT2D eigenvalue weighted by Gasteiger charge is -2.28. The second-order valence-electron chi connectivity index (χ2n) is 9.44. The Morgan fingerprint density at radius 3 is 2.21 bits per heavy atom. The fourth-order valence-electron chi connectivity index (χ4n) is 4.47. The van der Waals surface area contributed by atoms with Gasteiger partial charge in [-0.15, -0.1) is 0 Å². The molecule has 1 heterocycles. The van der Waals surface area contributed by atoms with Crippen molar-refractivity contribution in [3.63, 3.8) is 0 Å². The maximum absolute atomic E-state index is 13.8. The molecule has 2 amide bonds. The van der Waals surface area contributed by atoms with Crippen molar-refractivity contribution in [1.82, 2.24) is 14.4 Å². The second-order valence-corrected chi connectivity index (χ2v) is 9.44. The van der Waals surface area contributed by atoms with Crippen LogP contribution in [0.2, 0.25) is 0 Å². The fourth-order valence-corrected chi connectivity index (χ4v) is 4.47. The van der Waals surface area contributed by atoms with Gasteiger partial charge in [-0.05, 0) is 66.1 Å². The third-order valence-electron chi connectivity index (χ3n) is 6.56. The van der Waals surface area contributed by atoms with Crippen LogP contribution in [-0.4, -0.2) is 46.4 Å². The van der Waals surface area contributed by atoms with Gasteiger partial charge in [0.15, 0.2) is 0 Å². The van der Waals surface area contributed by atoms with Crippen LogP contribution in [-0.2, 0) is 24.4 Å². The standard InChI is InChI=1S/C32H34FN3O3/c1-3-19-35(32(38)27-13-17-30(39-2)18-14-27)24-31(37)36(22-25-8-5-4-6-9-25)23-29-10-7-20-34(29)21-26-11-15-28(33)16-12-26/h4-18,20H,3,19,21-24H2,1-2H3. The number of carbonyl (C=O) groups is 2. The summed E-state index contributed by atoms with van der Waals surface area (Å²) in [5.74, 6) is 0.0742. The zero-order valence-electron chi connectivity index (χ0n) is 22.4. The van der Waals surface area contributed by atoms with Crippen LogP contribution >= 0.6 is 0 Å². The third kappa shape index (κ3) is 7.57. The lowest BCUT2D eigenvalue weighted by atomic mass is 10.1. The number of methoxy groups -OCH3 is 1. The van der Waals surface area contributed by atoms with Gasteiger partial charge in [-0.3, -0.25) is 9.59 Å².